The molecule has 1 aliphatic heterocycles. The average molecular weight is 353 g/mol. The van der Waals surface area contributed by atoms with Gasteiger partial charge in [0.25, 0.3) is 0 Å². The highest BCUT2D eigenvalue weighted by Gasteiger charge is 2.61. The molecule has 2 aliphatic rings. The molecule has 136 valence electrons. The van der Waals surface area contributed by atoms with Crippen LogP contribution < -0.4 is 5.32 Å². The Hall–Kier alpha value is -2.37. The van der Waals surface area contributed by atoms with E-state index in [9.17, 15) is 4.79 Å². The predicted molar refractivity (Wildman–Crippen MR) is 97.9 cm³/mol. The number of carbonyl (C=O) groups excluding carboxylic acids is 1. The second kappa shape index (κ2) is 6.74. The molecule has 4 rings (SSSR count). The number of ether oxygens (including phenoxy) is 3. The van der Waals surface area contributed by atoms with Gasteiger partial charge in [-0.3, -0.25) is 5.32 Å². The van der Waals surface area contributed by atoms with Gasteiger partial charge in [-0.15, -0.1) is 0 Å². The standard InChI is InChI=1S/C21H23NO4/c1-20(25-13-14-26-20)21(11-12-21)17-7-9-18(10-8-17)22-19(23)24-15-16-5-3-2-4-6-16/h2-10H,11-15H2,1H3,(H,22,23). The third-order valence-electron chi connectivity index (χ3n) is 5.35. The molecule has 5 nitrogen and oxygen atoms in total. The minimum Gasteiger partial charge on any atom is -0.444 e. The SMILES string of the molecule is CC1(C2(c3ccc(NC(=O)OCc4ccccc4)cc3)CC2)OCCO1. The average Bonchev–Trinajstić information content (AvgIpc) is 3.37. The monoisotopic (exact) mass is 353 g/mol. The normalized spacial score (nSPS) is 19.7. The molecule has 26 heavy (non-hydrogen) atoms. The number of hydrogen-bond donors (Lipinski definition) is 1. The molecule has 1 saturated carbocycles. The molecule has 1 amide bonds. The molecule has 0 aromatic heterocycles. The highest BCUT2D eigenvalue weighted by molar-refractivity contribution is 5.84. The third-order valence-corrected chi connectivity index (χ3v) is 5.35. The quantitative estimate of drug-likeness (QED) is 0.874. The Balaban J connectivity index is 1.37. The minimum atomic E-state index is -0.545. The van der Waals surface area contributed by atoms with Crippen molar-refractivity contribution in [2.45, 2.75) is 37.6 Å². The van der Waals surface area contributed by atoms with Crippen molar-refractivity contribution in [3.63, 3.8) is 0 Å². The molecule has 1 saturated heterocycles. The van der Waals surface area contributed by atoms with Crippen molar-refractivity contribution in [3.8, 4) is 0 Å². The number of benzene rings is 2. The van der Waals surface area contributed by atoms with Crippen molar-refractivity contribution >= 4 is 11.8 Å². The molecule has 2 aromatic carbocycles. The van der Waals surface area contributed by atoms with Crippen LogP contribution in [-0.4, -0.2) is 25.1 Å². The highest BCUT2D eigenvalue weighted by atomic mass is 16.7. The summed E-state index contributed by atoms with van der Waals surface area (Å²) < 4.78 is 17.0. The van der Waals surface area contributed by atoms with Gasteiger partial charge in [0.2, 0.25) is 0 Å². The summed E-state index contributed by atoms with van der Waals surface area (Å²) in [4.78, 5) is 12.0. The summed E-state index contributed by atoms with van der Waals surface area (Å²) in [7, 11) is 0. The van der Waals surface area contributed by atoms with Crippen LogP contribution in [0.3, 0.4) is 0 Å². The zero-order chi connectivity index (χ0) is 18.0. The van der Waals surface area contributed by atoms with Crippen LogP contribution in [0.2, 0.25) is 0 Å². The van der Waals surface area contributed by atoms with Gasteiger partial charge in [0.15, 0.2) is 5.79 Å². The Morgan fingerprint density at radius 3 is 2.31 bits per heavy atom. The second-order valence-corrected chi connectivity index (χ2v) is 6.99. The Kier molecular flexibility index (Phi) is 4.42. The van der Waals surface area contributed by atoms with Gasteiger partial charge < -0.3 is 14.2 Å². The molecule has 0 bridgehead atoms. The summed E-state index contributed by atoms with van der Waals surface area (Å²) in [5.41, 5.74) is 2.78. The molecule has 1 aliphatic carbocycles. The Morgan fingerprint density at radius 2 is 1.69 bits per heavy atom. The van der Waals surface area contributed by atoms with E-state index in [0.717, 1.165) is 18.4 Å². The molecule has 0 atom stereocenters. The molecule has 1 heterocycles. The Morgan fingerprint density at radius 1 is 1.04 bits per heavy atom. The molecule has 0 spiro atoms. The maximum atomic E-state index is 12.0. The minimum absolute atomic E-state index is 0.0736. The zero-order valence-corrected chi connectivity index (χ0v) is 14.9. The van der Waals surface area contributed by atoms with Crippen LogP contribution in [0.15, 0.2) is 54.6 Å². The first-order valence-corrected chi connectivity index (χ1v) is 8.98. The predicted octanol–water partition coefficient (Wildman–Crippen LogP) is 4.23. The van der Waals surface area contributed by atoms with E-state index in [1.54, 1.807) is 0 Å². The second-order valence-electron chi connectivity index (χ2n) is 6.99. The van der Waals surface area contributed by atoms with Crippen LogP contribution in [0, 0.1) is 0 Å². The van der Waals surface area contributed by atoms with E-state index in [0.29, 0.717) is 18.9 Å². The molecule has 2 aromatic rings. The van der Waals surface area contributed by atoms with Gasteiger partial charge in [0.05, 0.1) is 13.2 Å². The van der Waals surface area contributed by atoms with E-state index in [2.05, 4.69) is 5.32 Å². The lowest BCUT2D eigenvalue weighted by Crippen LogP contribution is -2.40. The van der Waals surface area contributed by atoms with Gasteiger partial charge in [0.1, 0.15) is 6.61 Å². The van der Waals surface area contributed by atoms with Gasteiger partial charge in [-0.25, -0.2) is 4.79 Å². The summed E-state index contributed by atoms with van der Waals surface area (Å²) in [6, 6.07) is 17.5. The van der Waals surface area contributed by atoms with E-state index < -0.39 is 11.9 Å². The molecule has 2 fully saturated rings. The van der Waals surface area contributed by atoms with Crippen LogP contribution in [0.1, 0.15) is 30.9 Å². The third kappa shape index (κ3) is 3.20. The fourth-order valence-electron chi connectivity index (χ4n) is 3.67. The number of carbonyl (C=O) groups is 1. The van der Waals surface area contributed by atoms with Crippen LogP contribution in [0.25, 0.3) is 0 Å². The Labute approximate surface area is 153 Å². The van der Waals surface area contributed by atoms with E-state index in [1.807, 2.05) is 61.5 Å². The highest BCUT2D eigenvalue weighted by Crippen LogP contribution is 2.58. The van der Waals surface area contributed by atoms with E-state index >= 15 is 0 Å². The van der Waals surface area contributed by atoms with E-state index in [-0.39, 0.29) is 12.0 Å². The first-order valence-electron chi connectivity index (χ1n) is 8.98. The first-order chi connectivity index (χ1) is 12.6. The number of hydrogen-bond acceptors (Lipinski definition) is 4. The number of amides is 1. The van der Waals surface area contributed by atoms with Gasteiger partial charge in [-0.05, 0) is 43.0 Å². The molecule has 0 unspecified atom stereocenters. The van der Waals surface area contributed by atoms with E-state index in [1.165, 1.54) is 5.56 Å². The van der Waals surface area contributed by atoms with E-state index in [4.69, 9.17) is 14.2 Å². The van der Waals surface area contributed by atoms with Gasteiger partial charge in [-0.2, -0.15) is 0 Å². The maximum Gasteiger partial charge on any atom is 0.411 e. The summed E-state index contributed by atoms with van der Waals surface area (Å²) in [5.74, 6) is -0.545. The van der Waals surface area contributed by atoms with Crippen molar-refractivity contribution < 1.29 is 19.0 Å². The summed E-state index contributed by atoms with van der Waals surface area (Å²) in [5, 5.41) is 2.77. The van der Waals surface area contributed by atoms with Crippen molar-refractivity contribution in [3.05, 3.63) is 65.7 Å². The smallest absolute Gasteiger partial charge is 0.411 e. The van der Waals surface area contributed by atoms with Crippen LogP contribution >= 0.6 is 0 Å². The summed E-state index contributed by atoms with van der Waals surface area (Å²) in [6.07, 6.45) is 1.64. The molecule has 5 heteroatoms. The van der Waals surface area contributed by atoms with Gasteiger partial charge in [0, 0.05) is 11.1 Å². The lowest BCUT2D eigenvalue weighted by molar-refractivity contribution is -0.169. The first kappa shape index (κ1) is 17.1. The fourth-order valence-corrected chi connectivity index (χ4v) is 3.67. The lowest BCUT2D eigenvalue weighted by atomic mass is 9.87. The van der Waals surface area contributed by atoms with Crippen molar-refractivity contribution in [2.75, 3.05) is 18.5 Å². The van der Waals surface area contributed by atoms with Crippen LogP contribution in [0.4, 0.5) is 10.5 Å². The topological polar surface area (TPSA) is 56.8 Å². The van der Waals surface area contributed by atoms with Crippen LogP contribution in [0.5, 0.6) is 0 Å². The summed E-state index contributed by atoms with van der Waals surface area (Å²) >= 11 is 0. The van der Waals surface area contributed by atoms with Crippen molar-refractivity contribution in [1.82, 2.24) is 0 Å². The lowest BCUT2D eigenvalue weighted by Gasteiger charge is -2.33. The summed E-state index contributed by atoms with van der Waals surface area (Å²) in [6.45, 7) is 3.57. The fraction of sp³-hybridized carbons (Fsp3) is 0.381. The maximum absolute atomic E-state index is 12.0. The van der Waals surface area contributed by atoms with Crippen LogP contribution in [-0.2, 0) is 26.2 Å². The number of anilines is 1. The number of rotatable bonds is 5. The van der Waals surface area contributed by atoms with Crippen molar-refractivity contribution in [2.24, 2.45) is 0 Å². The molecular weight excluding hydrogens is 330 g/mol. The number of nitrogens with one attached hydrogen (secondary N) is 1. The molecule has 1 N–H and O–H groups in total. The molecule has 0 radical (unpaired) electrons. The van der Waals surface area contributed by atoms with Crippen molar-refractivity contribution in [1.29, 1.82) is 0 Å². The van der Waals surface area contributed by atoms with Gasteiger partial charge in [-0.1, -0.05) is 42.5 Å². The largest absolute Gasteiger partial charge is 0.444 e. The zero-order valence-electron chi connectivity index (χ0n) is 14.9. The van der Waals surface area contributed by atoms with Gasteiger partial charge >= 0.3 is 6.09 Å². The molecular formula is C21H23NO4. The Bertz CT molecular complexity index is 762.